The fourth-order valence-corrected chi connectivity index (χ4v) is 1.99. The van der Waals surface area contributed by atoms with E-state index in [4.69, 9.17) is 10.2 Å². The van der Waals surface area contributed by atoms with Crippen LogP contribution in [0.25, 0.3) is 0 Å². The number of aliphatic hydroxyl groups is 1. The average Bonchev–Trinajstić information content (AvgIpc) is 2.51. The van der Waals surface area contributed by atoms with Gasteiger partial charge in [-0.1, -0.05) is 13.8 Å². The first-order valence-electron chi connectivity index (χ1n) is 4.69. The highest BCUT2D eigenvalue weighted by Crippen LogP contribution is 2.32. The van der Waals surface area contributed by atoms with Gasteiger partial charge in [0.1, 0.15) is 0 Å². The lowest BCUT2D eigenvalue weighted by Crippen LogP contribution is -2.26. The Kier molecular flexibility index (Phi) is 4.16. The summed E-state index contributed by atoms with van der Waals surface area (Å²) in [6.45, 7) is 4.57. The van der Waals surface area contributed by atoms with Crippen molar-refractivity contribution in [3.8, 4) is 0 Å². The average molecular weight is 262 g/mol. The quantitative estimate of drug-likeness (QED) is 0.875. The Balaban J connectivity index is 2.83. The second kappa shape index (κ2) is 4.96. The molecule has 0 radical (unpaired) electrons. The van der Waals surface area contributed by atoms with Gasteiger partial charge in [-0.05, 0) is 34.5 Å². The van der Waals surface area contributed by atoms with Crippen LogP contribution in [0.2, 0.25) is 0 Å². The van der Waals surface area contributed by atoms with Crippen LogP contribution in [0.4, 0.5) is 0 Å². The summed E-state index contributed by atoms with van der Waals surface area (Å²) in [5, 5.41) is 10.1. The van der Waals surface area contributed by atoms with Crippen molar-refractivity contribution >= 4 is 15.9 Å². The van der Waals surface area contributed by atoms with E-state index in [9.17, 15) is 5.11 Å². The first kappa shape index (κ1) is 11.8. The smallest absolute Gasteiger partial charge is 0.174 e. The monoisotopic (exact) mass is 261 g/mol. The fourth-order valence-electron chi connectivity index (χ4n) is 1.51. The van der Waals surface area contributed by atoms with E-state index in [-0.39, 0.29) is 5.92 Å². The molecule has 0 fully saturated rings. The molecule has 1 rings (SSSR count). The first-order valence-corrected chi connectivity index (χ1v) is 5.48. The van der Waals surface area contributed by atoms with Gasteiger partial charge in [0, 0.05) is 11.5 Å². The Morgan fingerprint density at radius 2 is 2.21 bits per heavy atom. The molecule has 0 saturated heterocycles. The Bertz CT molecular complexity index is 285. The van der Waals surface area contributed by atoms with Crippen molar-refractivity contribution < 1.29 is 9.52 Å². The van der Waals surface area contributed by atoms with Crippen LogP contribution in [0.3, 0.4) is 0 Å². The number of hydrogen-bond acceptors (Lipinski definition) is 3. The molecule has 1 aromatic heterocycles. The van der Waals surface area contributed by atoms with Gasteiger partial charge in [0.25, 0.3) is 0 Å². The minimum Gasteiger partial charge on any atom is -0.457 e. The highest BCUT2D eigenvalue weighted by atomic mass is 79.9. The number of furan rings is 1. The zero-order valence-electron chi connectivity index (χ0n) is 8.40. The molecule has 2 atom stereocenters. The molecule has 0 amide bonds. The standard InChI is InChI=1S/C10H16BrNO2/c1-6(2)8(5-12)9(13)7-3-4-14-10(7)11/h3-4,6,8-9,13H,5,12H2,1-2H3. The molecule has 0 aliphatic carbocycles. The SMILES string of the molecule is CC(C)C(CN)C(O)c1ccoc1Br. The summed E-state index contributed by atoms with van der Waals surface area (Å²) in [5.41, 5.74) is 6.40. The molecule has 3 N–H and O–H groups in total. The van der Waals surface area contributed by atoms with Crippen molar-refractivity contribution in [2.75, 3.05) is 6.54 Å². The van der Waals surface area contributed by atoms with E-state index in [1.807, 2.05) is 0 Å². The largest absolute Gasteiger partial charge is 0.457 e. The molecule has 80 valence electrons. The van der Waals surface area contributed by atoms with E-state index in [2.05, 4.69) is 29.8 Å². The van der Waals surface area contributed by atoms with Crippen LogP contribution in [0.5, 0.6) is 0 Å². The highest BCUT2D eigenvalue weighted by molar-refractivity contribution is 9.10. The van der Waals surface area contributed by atoms with E-state index in [0.29, 0.717) is 17.1 Å². The van der Waals surface area contributed by atoms with E-state index < -0.39 is 6.10 Å². The number of nitrogens with two attached hydrogens (primary N) is 1. The van der Waals surface area contributed by atoms with Crippen molar-refractivity contribution in [2.45, 2.75) is 20.0 Å². The molecule has 0 spiro atoms. The maximum atomic E-state index is 10.1. The lowest BCUT2D eigenvalue weighted by molar-refractivity contribution is 0.0847. The number of hydrogen-bond donors (Lipinski definition) is 2. The van der Waals surface area contributed by atoms with Crippen LogP contribution in [-0.2, 0) is 0 Å². The number of rotatable bonds is 4. The Morgan fingerprint density at radius 1 is 1.57 bits per heavy atom. The lowest BCUT2D eigenvalue weighted by Gasteiger charge is -2.24. The summed E-state index contributed by atoms with van der Waals surface area (Å²) >= 11 is 3.25. The van der Waals surface area contributed by atoms with Gasteiger partial charge in [0.2, 0.25) is 0 Å². The van der Waals surface area contributed by atoms with E-state index in [1.54, 1.807) is 12.3 Å². The zero-order valence-corrected chi connectivity index (χ0v) is 9.99. The zero-order chi connectivity index (χ0) is 10.7. The van der Waals surface area contributed by atoms with Crippen molar-refractivity contribution in [3.63, 3.8) is 0 Å². The Labute approximate surface area is 92.4 Å². The van der Waals surface area contributed by atoms with Gasteiger partial charge in [0.15, 0.2) is 4.67 Å². The predicted octanol–water partition coefficient (Wildman–Crippen LogP) is 2.31. The summed E-state index contributed by atoms with van der Waals surface area (Å²) < 4.78 is 5.66. The Morgan fingerprint density at radius 3 is 2.57 bits per heavy atom. The van der Waals surface area contributed by atoms with Gasteiger partial charge < -0.3 is 15.3 Å². The van der Waals surface area contributed by atoms with Gasteiger partial charge >= 0.3 is 0 Å². The summed E-state index contributed by atoms with van der Waals surface area (Å²) in [6, 6.07) is 1.76. The molecule has 14 heavy (non-hydrogen) atoms. The van der Waals surface area contributed by atoms with Crippen molar-refractivity contribution in [1.29, 1.82) is 0 Å². The van der Waals surface area contributed by atoms with Crippen LogP contribution in [0.15, 0.2) is 21.4 Å². The van der Waals surface area contributed by atoms with Gasteiger partial charge in [0.05, 0.1) is 12.4 Å². The fraction of sp³-hybridized carbons (Fsp3) is 0.600. The predicted molar refractivity (Wildman–Crippen MR) is 58.8 cm³/mol. The van der Waals surface area contributed by atoms with E-state index in [0.717, 1.165) is 5.56 Å². The summed E-state index contributed by atoms with van der Waals surface area (Å²) in [6.07, 6.45) is 0.990. The molecule has 1 aromatic rings. The van der Waals surface area contributed by atoms with Crippen LogP contribution in [0.1, 0.15) is 25.5 Å². The minimum atomic E-state index is -0.562. The third kappa shape index (κ3) is 2.38. The van der Waals surface area contributed by atoms with Crippen molar-refractivity contribution in [1.82, 2.24) is 0 Å². The van der Waals surface area contributed by atoms with Crippen molar-refractivity contribution in [2.24, 2.45) is 17.6 Å². The molecule has 0 saturated carbocycles. The molecule has 0 aliphatic heterocycles. The molecular weight excluding hydrogens is 246 g/mol. The molecule has 0 bridgehead atoms. The lowest BCUT2D eigenvalue weighted by atomic mass is 9.87. The van der Waals surface area contributed by atoms with Crippen LogP contribution in [-0.4, -0.2) is 11.7 Å². The topological polar surface area (TPSA) is 59.4 Å². The van der Waals surface area contributed by atoms with E-state index >= 15 is 0 Å². The van der Waals surface area contributed by atoms with Gasteiger partial charge in [-0.3, -0.25) is 0 Å². The molecule has 4 heteroatoms. The second-order valence-corrected chi connectivity index (χ2v) is 4.46. The van der Waals surface area contributed by atoms with Gasteiger partial charge in [-0.2, -0.15) is 0 Å². The molecule has 0 aromatic carbocycles. The third-order valence-corrected chi connectivity index (χ3v) is 3.14. The number of aliphatic hydroxyl groups excluding tert-OH is 1. The first-order chi connectivity index (χ1) is 6.57. The van der Waals surface area contributed by atoms with E-state index in [1.165, 1.54) is 0 Å². The maximum absolute atomic E-state index is 10.1. The summed E-state index contributed by atoms with van der Waals surface area (Å²) in [5.74, 6) is 0.403. The number of halogens is 1. The summed E-state index contributed by atoms with van der Waals surface area (Å²) in [4.78, 5) is 0. The highest BCUT2D eigenvalue weighted by Gasteiger charge is 2.25. The molecule has 0 aliphatic rings. The second-order valence-electron chi connectivity index (χ2n) is 3.74. The van der Waals surface area contributed by atoms with Crippen molar-refractivity contribution in [3.05, 3.63) is 22.6 Å². The molecule has 1 heterocycles. The minimum absolute atomic E-state index is 0.0592. The molecule has 3 nitrogen and oxygen atoms in total. The molecule has 2 unspecified atom stereocenters. The normalized spacial score (nSPS) is 15.9. The molecular formula is C10H16BrNO2. The van der Waals surface area contributed by atoms with Gasteiger partial charge in [-0.25, -0.2) is 0 Å². The maximum Gasteiger partial charge on any atom is 0.174 e. The van der Waals surface area contributed by atoms with Crippen LogP contribution >= 0.6 is 15.9 Å². The van der Waals surface area contributed by atoms with Crippen LogP contribution < -0.4 is 5.73 Å². The Hall–Kier alpha value is -0.320. The summed E-state index contributed by atoms with van der Waals surface area (Å²) in [7, 11) is 0. The van der Waals surface area contributed by atoms with Crippen LogP contribution in [0, 0.1) is 11.8 Å². The van der Waals surface area contributed by atoms with Gasteiger partial charge in [-0.15, -0.1) is 0 Å². The third-order valence-electron chi connectivity index (χ3n) is 2.50.